The summed E-state index contributed by atoms with van der Waals surface area (Å²) in [5.41, 5.74) is 3.05. The van der Waals surface area contributed by atoms with Crippen LogP contribution in [0.25, 0.3) is 6.08 Å². The van der Waals surface area contributed by atoms with E-state index in [-0.39, 0.29) is 11.5 Å². The quantitative estimate of drug-likeness (QED) is 0.607. The largest absolute Gasteiger partial charge is 0.372 e. The van der Waals surface area contributed by atoms with Gasteiger partial charge >= 0.3 is 0 Å². The highest BCUT2D eigenvalue weighted by atomic mass is 16.2. The summed E-state index contributed by atoms with van der Waals surface area (Å²) in [6.07, 6.45) is 5.29. The molecule has 2 aromatic rings. The van der Waals surface area contributed by atoms with E-state index in [2.05, 4.69) is 10.2 Å². The van der Waals surface area contributed by atoms with Gasteiger partial charge in [-0.05, 0) is 67.3 Å². The van der Waals surface area contributed by atoms with Crippen LogP contribution < -0.4 is 10.2 Å². The monoisotopic (exact) mass is 402 g/mol. The normalized spacial score (nSPS) is 14.0. The van der Waals surface area contributed by atoms with Gasteiger partial charge in [-0.25, -0.2) is 0 Å². The molecule has 6 nitrogen and oxygen atoms in total. The highest BCUT2D eigenvalue weighted by Crippen LogP contribution is 2.21. The Bertz CT molecular complexity index is 964. The molecule has 2 amide bonds. The average molecular weight is 402 g/mol. The lowest BCUT2D eigenvalue weighted by molar-refractivity contribution is -0.112. The lowest BCUT2D eigenvalue weighted by Gasteiger charge is -2.28. The summed E-state index contributed by atoms with van der Waals surface area (Å²) >= 11 is 0. The van der Waals surface area contributed by atoms with Gasteiger partial charge in [0, 0.05) is 44.1 Å². The second-order valence-corrected chi connectivity index (χ2v) is 7.54. The summed E-state index contributed by atoms with van der Waals surface area (Å²) in [6.45, 7) is 2.14. The minimum absolute atomic E-state index is 0.0224. The lowest BCUT2D eigenvalue weighted by atomic mass is 10.1. The van der Waals surface area contributed by atoms with Crippen molar-refractivity contribution in [2.75, 3.05) is 37.4 Å². The number of carbonyl (C=O) groups is 2. The van der Waals surface area contributed by atoms with Crippen LogP contribution >= 0.6 is 0 Å². The van der Waals surface area contributed by atoms with Crippen LogP contribution in [-0.4, -0.2) is 43.9 Å². The maximum Gasteiger partial charge on any atom is 0.266 e. The molecule has 6 heteroatoms. The number of hydrogen-bond donors (Lipinski definition) is 1. The second-order valence-electron chi connectivity index (χ2n) is 7.54. The van der Waals surface area contributed by atoms with Gasteiger partial charge in [0.1, 0.15) is 11.6 Å². The highest BCUT2D eigenvalue weighted by molar-refractivity contribution is 6.09. The van der Waals surface area contributed by atoms with E-state index in [0.29, 0.717) is 11.3 Å². The van der Waals surface area contributed by atoms with Crippen LogP contribution in [0, 0.1) is 11.3 Å². The summed E-state index contributed by atoms with van der Waals surface area (Å²) in [7, 11) is 3.36. The first-order valence-electron chi connectivity index (χ1n) is 10.1. The molecule has 1 fully saturated rings. The van der Waals surface area contributed by atoms with Gasteiger partial charge in [0.05, 0.1) is 0 Å². The molecule has 1 aliphatic heterocycles. The molecular weight excluding hydrogens is 376 g/mol. The topological polar surface area (TPSA) is 76.4 Å². The number of benzene rings is 2. The summed E-state index contributed by atoms with van der Waals surface area (Å²) in [4.78, 5) is 28.3. The van der Waals surface area contributed by atoms with Crippen molar-refractivity contribution in [1.82, 2.24) is 4.90 Å². The molecule has 0 saturated carbocycles. The van der Waals surface area contributed by atoms with Crippen molar-refractivity contribution in [1.29, 1.82) is 5.26 Å². The number of carbonyl (C=O) groups excluding carboxylic acids is 2. The molecule has 3 rings (SSSR count). The first-order chi connectivity index (χ1) is 14.5. The van der Waals surface area contributed by atoms with Crippen molar-refractivity contribution in [2.24, 2.45) is 0 Å². The fourth-order valence-electron chi connectivity index (χ4n) is 3.40. The van der Waals surface area contributed by atoms with Crippen LogP contribution in [0.15, 0.2) is 54.1 Å². The van der Waals surface area contributed by atoms with Gasteiger partial charge in [-0.2, -0.15) is 5.26 Å². The van der Waals surface area contributed by atoms with Gasteiger partial charge in [-0.1, -0.05) is 12.1 Å². The van der Waals surface area contributed by atoms with Crippen LogP contribution in [0.5, 0.6) is 0 Å². The molecule has 0 spiro atoms. The van der Waals surface area contributed by atoms with Crippen molar-refractivity contribution in [3.63, 3.8) is 0 Å². The van der Waals surface area contributed by atoms with E-state index in [0.717, 1.165) is 18.7 Å². The number of rotatable bonds is 5. The van der Waals surface area contributed by atoms with Gasteiger partial charge in [-0.15, -0.1) is 0 Å². The predicted octanol–water partition coefficient (Wildman–Crippen LogP) is 3.92. The fraction of sp³-hybridized carbons (Fsp3) is 0.292. The minimum Gasteiger partial charge on any atom is -0.372 e. The molecule has 0 atom stereocenters. The zero-order valence-electron chi connectivity index (χ0n) is 17.4. The van der Waals surface area contributed by atoms with Gasteiger partial charge < -0.3 is 15.1 Å². The van der Waals surface area contributed by atoms with Gasteiger partial charge in [0.2, 0.25) is 0 Å². The molecule has 1 saturated heterocycles. The standard InChI is InChI=1S/C24H26N4O2/c1-27(2)24(30)19-8-10-21(11-9-19)26-23(29)20(17-25)16-18-6-12-22(13-7-18)28-14-4-3-5-15-28/h6-13,16H,3-5,14-15H2,1-2H3,(H,26,29)/b20-16+. The molecule has 1 N–H and O–H groups in total. The summed E-state index contributed by atoms with van der Waals surface area (Å²) in [5.74, 6) is -0.595. The van der Waals surface area contributed by atoms with Crippen molar-refractivity contribution in [3.05, 3.63) is 65.2 Å². The minimum atomic E-state index is -0.482. The lowest BCUT2D eigenvalue weighted by Crippen LogP contribution is -2.29. The Morgan fingerprint density at radius 3 is 2.20 bits per heavy atom. The third-order valence-electron chi connectivity index (χ3n) is 5.09. The second kappa shape index (κ2) is 9.75. The summed E-state index contributed by atoms with van der Waals surface area (Å²) in [6, 6.07) is 16.5. The number of hydrogen-bond acceptors (Lipinski definition) is 4. The smallest absolute Gasteiger partial charge is 0.266 e. The molecule has 1 aliphatic rings. The van der Waals surface area contributed by atoms with E-state index in [4.69, 9.17) is 0 Å². The Morgan fingerprint density at radius 2 is 1.63 bits per heavy atom. The molecule has 0 radical (unpaired) electrons. The molecule has 0 aromatic heterocycles. The molecule has 0 unspecified atom stereocenters. The first-order valence-corrected chi connectivity index (χ1v) is 10.1. The van der Waals surface area contributed by atoms with E-state index in [1.807, 2.05) is 30.3 Å². The highest BCUT2D eigenvalue weighted by Gasteiger charge is 2.13. The van der Waals surface area contributed by atoms with Crippen molar-refractivity contribution >= 4 is 29.3 Å². The van der Waals surface area contributed by atoms with Crippen molar-refractivity contribution < 1.29 is 9.59 Å². The molecule has 0 bridgehead atoms. The number of nitrogens with one attached hydrogen (secondary N) is 1. The van der Waals surface area contributed by atoms with E-state index < -0.39 is 5.91 Å². The molecule has 2 aromatic carbocycles. The first kappa shape index (κ1) is 21.1. The molecule has 30 heavy (non-hydrogen) atoms. The van der Waals surface area contributed by atoms with Gasteiger partial charge in [0.15, 0.2) is 0 Å². The van der Waals surface area contributed by atoms with Gasteiger partial charge in [0.25, 0.3) is 11.8 Å². The Balaban J connectivity index is 1.67. The fourth-order valence-corrected chi connectivity index (χ4v) is 3.40. The Morgan fingerprint density at radius 1 is 1.00 bits per heavy atom. The SMILES string of the molecule is CN(C)C(=O)c1ccc(NC(=O)/C(C#N)=C/c2ccc(N3CCCCC3)cc2)cc1. The number of amides is 2. The van der Waals surface area contributed by atoms with E-state index >= 15 is 0 Å². The zero-order chi connectivity index (χ0) is 21.5. The van der Waals surface area contributed by atoms with Gasteiger partial charge in [-0.3, -0.25) is 9.59 Å². The summed E-state index contributed by atoms with van der Waals surface area (Å²) < 4.78 is 0. The van der Waals surface area contributed by atoms with E-state index in [1.165, 1.54) is 29.8 Å². The number of piperidine rings is 1. The number of nitrogens with zero attached hydrogens (tertiary/aromatic N) is 3. The zero-order valence-corrected chi connectivity index (χ0v) is 17.4. The van der Waals surface area contributed by atoms with Crippen LogP contribution in [0.1, 0.15) is 35.2 Å². The van der Waals surface area contributed by atoms with Crippen LogP contribution in [0.4, 0.5) is 11.4 Å². The third kappa shape index (κ3) is 5.26. The number of nitriles is 1. The van der Waals surface area contributed by atoms with E-state index in [9.17, 15) is 14.9 Å². The van der Waals surface area contributed by atoms with Crippen LogP contribution in [0.2, 0.25) is 0 Å². The van der Waals surface area contributed by atoms with E-state index in [1.54, 1.807) is 44.4 Å². The van der Waals surface area contributed by atoms with Crippen LogP contribution in [0.3, 0.4) is 0 Å². The Labute approximate surface area is 177 Å². The Kier molecular flexibility index (Phi) is 6.87. The van der Waals surface area contributed by atoms with Crippen molar-refractivity contribution in [2.45, 2.75) is 19.3 Å². The predicted molar refractivity (Wildman–Crippen MR) is 119 cm³/mol. The maximum absolute atomic E-state index is 12.5. The molecule has 0 aliphatic carbocycles. The summed E-state index contributed by atoms with van der Waals surface area (Å²) in [5, 5.41) is 12.1. The third-order valence-corrected chi connectivity index (χ3v) is 5.09. The van der Waals surface area contributed by atoms with Crippen molar-refractivity contribution in [3.8, 4) is 6.07 Å². The molecular formula is C24H26N4O2. The molecule has 154 valence electrons. The Hall–Kier alpha value is -3.59. The van der Waals surface area contributed by atoms with Crippen LogP contribution in [-0.2, 0) is 4.79 Å². The maximum atomic E-state index is 12.5. The average Bonchev–Trinajstić information content (AvgIpc) is 2.78. The number of anilines is 2. The molecule has 1 heterocycles.